The summed E-state index contributed by atoms with van der Waals surface area (Å²) in [5.41, 5.74) is 0. The van der Waals surface area contributed by atoms with E-state index in [1.165, 1.54) is 0 Å². The lowest BCUT2D eigenvalue weighted by molar-refractivity contribution is -0.131. The number of carbonyl (C=O) groups excluding carboxylic acids is 1. The van der Waals surface area contributed by atoms with Crippen molar-refractivity contribution in [1.82, 2.24) is 0 Å². The quantitative estimate of drug-likeness (QED) is 0.623. The fourth-order valence-corrected chi connectivity index (χ4v) is 0.635. The number of allylic oxidation sites excluding steroid dienone is 1. The molecule has 0 aliphatic rings. The first kappa shape index (κ1) is 9.88. The molecule has 0 aromatic carbocycles. The largest absolute Gasteiger partial charge is 0.478 e. The SMILES string of the molecule is CC(C)CC(=O)/C=C/C(=O)O. The maximum atomic E-state index is 10.8. The van der Waals surface area contributed by atoms with E-state index in [1.807, 2.05) is 13.8 Å². The molecular formula is C8H12O3. The molecule has 0 aromatic rings. The van der Waals surface area contributed by atoms with Gasteiger partial charge in [0.1, 0.15) is 0 Å². The molecule has 11 heavy (non-hydrogen) atoms. The van der Waals surface area contributed by atoms with Crippen LogP contribution < -0.4 is 0 Å². The molecule has 0 fully saturated rings. The Kier molecular flexibility index (Phi) is 4.18. The van der Waals surface area contributed by atoms with Gasteiger partial charge in [0.15, 0.2) is 5.78 Å². The molecule has 0 saturated heterocycles. The van der Waals surface area contributed by atoms with E-state index >= 15 is 0 Å². The van der Waals surface area contributed by atoms with Gasteiger partial charge in [-0.1, -0.05) is 13.8 Å². The van der Waals surface area contributed by atoms with Gasteiger partial charge in [-0.25, -0.2) is 4.79 Å². The van der Waals surface area contributed by atoms with Crippen LogP contribution in [0.4, 0.5) is 0 Å². The lowest BCUT2D eigenvalue weighted by atomic mass is 10.1. The van der Waals surface area contributed by atoms with Gasteiger partial charge >= 0.3 is 5.97 Å². The van der Waals surface area contributed by atoms with Crippen LogP contribution in [0.15, 0.2) is 12.2 Å². The van der Waals surface area contributed by atoms with Gasteiger partial charge in [-0.15, -0.1) is 0 Å². The molecular weight excluding hydrogens is 144 g/mol. The summed E-state index contributed by atoms with van der Waals surface area (Å²) >= 11 is 0. The topological polar surface area (TPSA) is 54.4 Å². The Hall–Kier alpha value is -1.12. The smallest absolute Gasteiger partial charge is 0.328 e. The van der Waals surface area contributed by atoms with E-state index < -0.39 is 5.97 Å². The summed E-state index contributed by atoms with van der Waals surface area (Å²) in [4.78, 5) is 20.8. The lowest BCUT2D eigenvalue weighted by Crippen LogP contribution is -1.99. The van der Waals surface area contributed by atoms with Crippen molar-refractivity contribution in [2.75, 3.05) is 0 Å². The zero-order chi connectivity index (χ0) is 8.85. The molecule has 0 bridgehead atoms. The number of carboxylic acids is 1. The highest BCUT2D eigenvalue weighted by Gasteiger charge is 2.00. The van der Waals surface area contributed by atoms with Crippen LogP contribution in [0.2, 0.25) is 0 Å². The summed E-state index contributed by atoms with van der Waals surface area (Å²) in [6.45, 7) is 3.82. The van der Waals surface area contributed by atoms with Crippen molar-refractivity contribution in [2.24, 2.45) is 5.92 Å². The molecule has 1 N–H and O–H groups in total. The third-order valence-corrected chi connectivity index (χ3v) is 1.02. The van der Waals surface area contributed by atoms with Crippen molar-refractivity contribution < 1.29 is 14.7 Å². The summed E-state index contributed by atoms with van der Waals surface area (Å²) in [6, 6.07) is 0. The first-order chi connectivity index (χ1) is 5.02. The van der Waals surface area contributed by atoms with Crippen molar-refractivity contribution in [2.45, 2.75) is 20.3 Å². The Morgan fingerprint density at radius 3 is 2.27 bits per heavy atom. The van der Waals surface area contributed by atoms with Gasteiger partial charge in [0.05, 0.1) is 0 Å². The minimum absolute atomic E-state index is 0.137. The number of carboxylic acid groups (broad SMARTS) is 1. The average molecular weight is 156 g/mol. The normalized spacial score (nSPS) is 10.8. The van der Waals surface area contributed by atoms with E-state index in [-0.39, 0.29) is 11.7 Å². The molecule has 0 unspecified atom stereocenters. The lowest BCUT2D eigenvalue weighted by Gasteiger charge is -1.97. The highest BCUT2D eigenvalue weighted by Crippen LogP contribution is 2.00. The second-order valence-corrected chi connectivity index (χ2v) is 2.74. The fourth-order valence-electron chi connectivity index (χ4n) is 0.635. The molecule has 0 atom stereocenters. The molecule has 62 valence electrons. The number of hydrogen-bond donors (Lipinski definition) is 1. The summed E-state index contributed by atoms with van der Waals surface area (Å²) < 4.78 is 0. The maximum absolute atomic E-state index is 10.8. The fraction of sp³-hybridized carbons (Fsp3) is 0.500. The highest BCUT2D eigenvalue weighted by atomic mass is 16.4. The molecule has 3 nitrogen and oxygen atoms in total. The third-order valence-electron chi connectivity index (χ3n) is 1.02. The van der Waals surface area contributed by atoms with E-state index in [0.29, 0.717) is 6.42 Å². The molecule has 0 spiro atoms. The number of rotatable bonds is 4. The van der Waals surface area contributed by atoms with Gasteiger partial charge in [0, 0.05) is 12.5 Å². The molecule has 3 heteroatoms. The van der Waals surface area contributed by atoms with Crippen molar-refractivity contribution >= 4 is 11.8 Å². The Bertz CT molecular complexity index is 180. The Morgan fingerprint density at radius 1 is 1.36 bits per heavy atom. The second kappa shape index (κ2) is 4.66. The average Bonchev–Trinajstić information content (AvgIpc) is 1.82. The van der Waals surface area contributed by atoms with Crippen molar-refractivity contribution in [1.29, 1.82) is 0 Å². The van der Waals surface area contributed by atoms with E-state index in [2.05, 4.69) is 0 Å². The van der Waals surface area contributed by atoms with Crippen LogP contribution in [0.1, 0.15) is 20.3 Å². The van der Waals surface area contributed by atoms with Gasteiger partial charge in [0.25, 0.3) is 0 Å². The molecule has 0 radical (unpaired) electrons. The van der Waals surface area contributed by atoms with Crippen molar-refractivity contribution in [3.8, 4) is 0 Å². The van der Waals surface area contributed by atoms with Crippen molar-refractivity contribution in [3.05, 3.63) is 12.2 Å². The monoisotopic (exact) mass is 156 g/mol. The Balaban J connectivity index is 3.78. The third kappa shape index (κ3) is 6.77. The summed E-state index contributed by atoms with van der Waals surface area (Å²) in [5.74, 6) is -0.939. The predicted octanol–water partition coefficient (Wildman–Crippen LogP) is 1.24. The number of aliphatic carboxylic acids is 1. The van der Waals surface area contributed by atoms with Crippen LogP contribution in [0.5, 0.6) is 0 Å². The van der Waals surface area contributed by atoms with Gasteiger partial charge in [0.2, 0.25) is 0 Å². The van der Waals surface area contributed by atoms with Crippen molar-refractivity contribution in [3.63, 3.8) is 0 Å². The summed E-state index contributed by atoms with van der Waals surface area (Å²) in [6.07, 6.45) is 2.37. The number of carbonyl (C=O) groups is 2. The minimum atomic E-state index is -1.08. The van der Waals surface area contributed by atoms with Crippen LogP contribution in [0.3, 0.4) is 0 Å². The summed E-state index contributed by atoms with van der Waals surface area (Å²) in [5, 5.41) is 8.16. The Labute approximate surface area is 65.7 Å². The van der Waals surface area contributed by atoms with Crippen LogP contribution >= 0.6 is 0 Å². The van der Waals surface area contributed by atoms with E-state index in [0.717, 1.165) is 12.2 Å². The van der Waals surface area contributed by atoms with Crippen LogP contribution in [0.25, 0.3) is 0 Å². The number of ketones is 1. The van der Waals surface area contributed by atoms with Crippen LogP contribution in [-0.4, -0.2) is 16.9 Å². The first-order valence-electron chi connectivity index (χ1n) is 3.46. The van der Waals surface area contributed by atoms with E-state index in [9.17, 15) is 9.59 Å². The molecule has 0 saturated carbocycles. The minimum Gasteiger partial charge on any atom is -0.478 e. The first-order valence-corrected chi connectivity index (χ1v) is 3.46. The maximum Gasteiger partial charge on any atom is 0.328 e. The van der Waals surface area contributed by atoms with Crippen LogP contribution in [-0.2, 0) is 9.59 Å². The zero-order valence-electron chi connectivity index (χ0n) is 6.70. The van der Waals surface area contributed by atoms with Gasteiger partial charge in [-0.2, -0.15) is 0 Å². The van der Waals surface area contributed by atoms with Crippen LogP contribution in [0, 0.1) is 5.92 Å². The molecule has 0 heterocycles. The standard InChI is InChI=1S/C8H12O3/c1-6(2)5-7(9)3-4-8(10)11/h3-4,6H,5H2,1-2H3,(H,10,11)/b4-3+. The van der Waals surface area contributed by atoms with Gasteiger partial charge in [-0.05, 0) is 12.0 Å². The predicted molar refractivity (Wildman–Crippen MR) is 41.2 cm³/mol. The number of hydrogen-bond acceptors (Lipinski definition) is 2. The molecule has 0 amide bonds. The highest BCUT2D eigenvalue weighted by molar-refractivity contribution is 5.95. The summed E-state index contributed by atoms with van der Waals surface area (Å²) in [7, 11) is 0. The Morgan fingerprint density at radius 2 is 1.91 bits per heavy atom. The molecule has 0 aromatic heterocycles. The van der Waals surface area contributed by atoms with Gasteiger partial charge < -0.3 is 5.11 Å². The molecule has 0 rings (SSSR count). The van der Waals surface area contributed by atoms with Gasteiger partial charge in [-0.3, -0.25) is 4.79 Å². The molecule has 0 aliphatic heterocycles. The van der Waals surface area contributed by atoms with E-state index in [4.69, 9.17) is 5.11 Å². The van der Waals surface area contributed by atoms with E-state index in [1.54, 1.807) is 0 Å². The zero-order valence-corrected chi connectivity index (χ0v) is 6.70. The molecule has 0 aliphatic carbocycles. The second-order valence-electron chi connectivity index (χ2n) is 2.74.